The molecule has 4 heterocycles. The Kier molecular flexibility index (Phi) is 17.6. The van der Waals surface area contributed by atoms with Crippen molar-refractivity contribution in [1.82, 2.24) is 4.90 Å². The minimum absolute atomic E-state index is 0.00499. The number of aliphatic hydroxyl groups is 3. The number of rotatable bonds is 12. The van der Waals surface area contributed by atoms with Crippen molar-refractivity contribution in [2.75, 3.05) is 21.2 Å². The summed E-state index contributed by atoms with van der Waals surface area (Å²) < 4.78 is 54.4. The lowest BCUT2D eigenvalue weighted by molar-refractivity contribution is -0.344. The van der Waals surface area contributed by atoms with Crippen LogP contribution in [0.1, 0.15) is 93.4 Å². The van der Waals surface area contributed by atoms with Crippen LogP contribution in [0.4, 0.5) is 0 Å². The third kappa shape index (κ3) is 12.5. The van der Waals surface area contributed by atoms with Crippen molar-refractivity contribution in [3.63, 3.8) is 0 Å². The van der Waals surface area contributed by atoms with Gasteiger partial charge in [0.05, 0.1) is 43.0 Å². The summed E-state index contributed by atoms with van der Waals surface area (Å²) in [7, 11) is 4.86. The van der Waals surface area contributed by atoms with Crippen LogP contribution in [0.5, 0.6) is 0 Å². The van der Waals surface area contributed by atoms with E-state index < -0.39 is 121 Å². The van der Waals surface area contributed by atoms with Crippen LogP contribution < -0.4 is 0 Å². The van der Waals surface area contributed by atoms with E-state index >= 15 is 0 Å². The average molecular weight is 830 g/mol. The predicted molar refractivity (Wildman–Crippen MR) is 205 cm³/mol. The Hall–Kier alpha value is -2.58. The maximum Gasteiger partial charge on any atom is 0.309 e. The van der Waals surface area contributed by atoms with Gasteiger partial charge in [0, 0.05) is 39.2 Å². The standard InChI is InChI=1S/C41H67NO16/c1-11-30(45)55-29-19-32(47)51-22(4)18-28-27(54-28)14-13-26(44)21(3)17-25(15-16-43)37(38(29)50-10)58-40-35(48)34(42(8)9)36(23(5)53-40)57-33-20-41(7,49)39(24(6)52-33)56-31(46)12-2/h13-14,16,21-29,33-40,44,48-49H,11-12,15,17-20H2,1-10H3/b14-13+/t21-,22-,23-,24+,25+,26+,27+,28+,29-,33+,34-,35-,36-,37+,38+,39+,40+,41-/m1/s1. The van der Waals surface area contributed by atoms with E-state index in [0.717, 1.165) is 0 Å². The summed E-state index contributed by atoms with van der Waals surface area (Å²) in [6, 6.07) is -0.783. The second-order valence-electron chi connectivity index (χ2n) is 16.7. The molecule has 3 N–H and O–H groups in total. The highest BCUT2D eigenvalue weighted by Crippen LogP contribution is 2.38. The van der Waals surface area contributed by atoms with Crippen molar-refractivity contribution in [2.45, 2.75) is 191 Å². The van der Waals surface area contributed by atoms with E-state index in [1.54, 1.807) is 72.7 Å². The van der Waals surface area contributed by atoms with Gasteiger partial charge in [-0.05, 0) is 60.0 Å². The topological polar surface area (TPSA) is 219 Å². The number of ether oxygens (including phenoxy) is 9. The van der Waals surface area contributed by atoms with Gasteiger partial charge in [-0.2, -0.15) is 0 Å². The maximum atomic E-state index is 13.4. The van der Waals surface area contributed by atoms with Crippen molar-refractivity contribution in [2.24, 2.45) is 11.8 Å². The number of carbonyl (C=O) groups excluding carboxylic acids is 4. The SMILES string of the molecule is CCC(=O)O[C@@H]1CC(=O)O[C@H](C)C[C@@H]2O[C@H]2/C=C/[C@H](O)[C@H](C)C[C@H](CC=O)[C@H](O[C@@H]2O[C@H](C)[C@@H](O[C@H]3C[C@@](C)(O)[C@@H](OC(=O)CC)[C@H](C)O3)[C@H](N(C)C)[C@H]2O)[C@H]1OC. The molecule has 0 aromatic rings. The quantitative estimate of drug-likeness (QED) is 0.0842. The molecular weight excluding hydrogens is 762 g/mol. The van der Waals surface area contributed by atoms with Gasteiger partial charge in [0.2, 0.25) is 0 Å². The normalized spacial score (nSPS) is 43.4. The Morgan fingerprint density at radius 1 is 0.931 bits per heavy atom. The molecule has 58 heavy (non-hydrogen) atoms. The summed E-state index contributed by atoms with van der Waals surface area (Å²) in [6.07, 6.45) is -8.08. The Labute approximate surface area is 341 Å². The summed E-state index contributed by atoms with van der Waals surface area (Å²) in [5.74, 6) is -2.86. The molecule has 0 aliphatic carbocycles. The Morgan fingerprint density at radius 2 is 1.60 bits per heavy atom. The molecule has 4 aliphatic heterocycles. The van der Waals surface area contributed by atoms with Crippen LogP contribution in [0, 0.1) is 11.8 Å². The number of epoxide rings is 1. The smallest absolute Gasteiger partial charge is 0.309 e. The van der Waals surface area contributed by atoms with Gasteiger partial charge in [-0.1, -0.05) is 32.9 Å². The van der Waals surface area contributed by atoms with Crippen LogP contribution in [0.15, 0.2) is 12.2 Å². The molecule has 332 valence electrons. The molecule has 4 aliphatic rings. The molecular formula is C41H67NO16. The lowest BCUT2D eigenvalue weighted by Gasteiger charge is -2.50. The Bertz CT molecular complexity index is 1390. The fourth-order valence-corrected chi connectivity index (χ4v) is 8.36. The summed E-state index contributed by atoms with van der Waals surface area (Å²) in [4.78, 5) is 52.5. The maximum absolute atomic E-state index is 13.4. The van der Waals surface area contributed by atoms with Crippen LogP contribution in [0.3, 0.4) is 0 Å². The third-order valence-corrected chi connectivity index (χ3v) is 11.5. The zero-order chi connectivity index (χ0) is 43.1. The van der Waals surface area contributed by atoms with Gasteiger partial charge in [0.25, 0.3) is 0 Å². The molecule has 0 saturated carbocycles. The molecule has 17 heteroatoms. The van der Waals surface area contributed by atoms with Crippen LogP contribution in [0.2, 0.25) is 0 Å². The summed E-state index contributed by atoms with van der Waals surface area (Å²) in [6.45, 7) is 11.8. The van der Waals surface area contributed by atoms with Crippen LogP contribution >= 0.6 is 0 Å². The first kappa shape index (κ1) is 48.1. The number of hydrogen-bond acceptors (Lipinski definition) is 17. The van der Waals surface area contributed by atoms with Gasteiger partial charge >= 0.3 is 17.9 Å². The molecule has 3 saturated heterocycles. The number of methoxy groups -OCH3 is 1. The number of aliphatic hydroxyl groups excluding tert-OH is 2. The van der Waals surface area contributed by atoms with Crippen molar-refractivity contribution in [3.8, 4) is 0 Å². The van der Waals surface area contributed by atoms with E-state index in [-0.39, 0.29) is 44.3 Å². The minimum Gasteiger partial charge on any atom is -0.462 e. The number of esters is 3. The molecule has 0 spiro atoms. The second-order valence-corrected chi connectivity index (χ2v) is 16.7. The largest absolute Gasteiger partial charge is 0.462 e. The van der Waals surface area contributed by atoms with Gasteiger partial charge in [-0.15, -0.1) is 0 Å². The number of hydrogen-bond donors (Lipinski definition) is 3. The Balaban J connectivity index is 1.67. The van der Waals surface area contributed by atoms with Gasteiger partial charge in [0.1, 0.15) is 48.5 Å². The highest BCUT2D eigenvalue weighted by Gasteiger charge is 2.53. The lowest BCUT2D eigenvalue weighted by Crippen LogP contribution is -2.66. The first-order valence-electron chi connectivity index (χ1n) is 20.6. The zero-order valence-corrected chi connectivity index (χ0v) is 35.6. The van der Waals surface area contributed by atoms with E-state index in [2.05, 4.69) is 0 Å². The summed E-state index contributed by atoms with van der Waals surface area (Å²) >= 11 is 0. The molecule has 18 atom stereocenters. The monoisotopic (exact) mass is 829 g/mol. The minimum atomic E-state index is -1.49. The molecule has 17 nitrogen and oxygen atoms in total. The van der Waals surface area contributed by atoms with E-state index in [1.807, 2.05) is 6.92 Å². The molecule has 0 unspecified atom stereocenters. The van der Waals surface area contributed by atoms with Gasteiger partial charge in [-0.25, -0.2) is 0 Å². The first-order valence-corrected chi connectivity index (χ1v) is 20.6. The van der Waals surface area contributed by atoms with Crippen molar-refractivity contribution >= 4 is 24.2 Å². The highest BCUT2D eigenvalue weighted by atomic mass is 16.7. The van der Waals surface area contributed by atoms with E-state index in [1.165, 1.54) is 7.11 Å². The van der Waals surface area contributed by atoms with Crippen molar-refractivity contribution < 1.29 is 77.1 Å². The van der Waals surface area contributed by atoms with E-state index in [4.69, 9.17) is 42.6 Å². The summed E-state index contributed by atoms with van der Waals surface area (Å²) in [5.41, 5.74) is -1.49. The number of fused-ring (bicyclic) bond motifs is 1. The number of nitrogens with zero attached hydrogens (tertiary/aromatic N) is 1. The van der Waals surface area contributed by atoms with Crippen LogP contribution in [-0.4, -0.2) is 163 Å². The average Bonchev–Trinajstić information content (AvgIpc) is 3.89. The number of cyclic esters (lactones) is 1. The first-order chi connectivity index (χ1) is 27.3. The number of aldehydes is 1. The number of likely N-dealkylation sites (N-methyl/N-ethyl adjacent to an activating group) is 1. The molecule has 3 fully saturated rings. The molecule has 4 rings (SSSR count). The highest BCUT2D eigenvalue weighted by molar-refractivity contribution is 5.72. The fourth-order valence-electron chi connectivity index (χ4n) is 8.36. The van der Waals surface area contributed by atoms with Crippen molar-refractivity contribution in [1.29, 1.82) is 0 Å². The van der Waals surface area contributed by atoms with Crippen LogP contribution in [0.25, 0.3) is 0 Å². The fraction of sp³-hybridized carbons (Fsp3) is 0.854. The lowest BCUT2D eigenvalue weighted by atomic mass is 9.82. The number of carbonyl (C=O) groups is 4. The molecule has 0 amide bonds. The Morgan fingerprint density at radius 3 is 2.21 bits per heavy atom. The van der Waals surface area contributed by atoms with E-state index in [0.29, 0.717) is 12.7 Å². The molecule has 0 radical (unpaired) electrons. The zero-order valence-electron chi connectivity index (χ0n) is 35.6. The van der Waals surface area contributed by atoms with Gasteiger partial charge in [-0.3, -0.25) is 14.4 Å². The molecule has 0 aromatic carbocycles. The summed E-state index contributed by atoms with van der Waals surface area (Å²) in [5, 5.41) is 34.6. The third-order valence-electron chi connectivity index (χ3n) is 11.5. The molecule has 0 aromatic heterocycles. The van der Waals surface area contributed by atoms with Crippen LogP contribution in [-0.2, 0) is 61.8 Å². The van der Waals surface area contributed by atoms with Gasteiger partial charge in [0.15, 0.2) is 18.7 Å². The van der Waals surface area contributed by atoms with Crippen molar-refractivity contribution in [3.05, 3.63) is 12.2 Å². The predicted octanol–water partition coefficient (Wildman–Crippen LogP) is 1.98. The molecule has 0 bridgehead atoms. The second kappa shape index (κ2) is 21.3. The van der Waals surface area contributed by atoms with E-state index in [9.17, 15) is 34.5 Å². The van der Waals surface area contributed by atoms with Gasteiger partial charge < -0.3 is 67.6 Å².